The Morgan fingerprint density at radius 3 is 2.86 bits per heavy atom. The van der Waals surface area contributed by atoms with Crippen molar-refractivity contribution in [3.63, 3.8) is 0 Å². The molecule has 21 heavy (non-hydrogen) atoms. The Labute approximate surface area is 125 Å². The number of benzene rings is 1. The van der Waals surface area contributed by atoms with E-state index in [-0.39, 0.29) is 17.9 Å². The van der Waals surface area contributed by atoms with Crippen LogP contribution in [0.4, 0.5) is 0 Å². The first-order valence-electron chi connectivity index (χ1n) is 7.77. The van der Waals surface area contributed by atoms with Crippen LogP contribution >= 0.6 is 0 Å². The summed E-state index contributed by atoms with van der Waals surface area (Å²) in [5.74, 6) is -0.625. The Balaban J connectivity index is 1.55. The molecule has 1 N–H and O–H groups in total. The molecule has 0 aromatic heterocycles. The fourth-order valence-electron chi connectivity index (χ4n) is 3.76. The third kappa shape index (κ3) is 2.97. The zero-order chi connectivity index (χ0) is 14.8. The fourth-order valence-corrected chi connectivity index (χ4v) is 3.76. The lowest BCUT2D eigenvalue weighted by molar-refractivity contribution is -0.158. The summed E-state index contributed by atoms with van der Waals surface area (Å²) in [6.07, 6.45) is 2.91. The molecule has 0 saturated carbocycles. The Hall–Kier alpha value is -1.39. The molecule has 4 atom stereocenters. The Morgan fingerprint density at radius 2 is 2.10 bits per heavy atom. The van der Waals surface area contributed by atoms with Gasteiger partial charge in [-0.15, -0.1) is 0 Å². The number of ether oxygens (including phenoxy) is 1. The quantitative estimate of drug-likeness (QED) is 0.856. The summed E-state index contributed by atoms with van der Waals surface area (Å²) in [6.45, 7) is 0.381. The SMILES string of the molecule is CN1[C@@H]2CC[C@H]1[C@H](C(=O)OCCc1ccccc1)[C@@H](O)C2. The molecule has 2 aliphatic heterocycles. The van der Waals surface area contributed by atoms with Crippen LogP contribution in [0.5, 0.6) is 0 Å². The number of piperidine rings is 1. The molecule has 1 aromatic carbocycles. The van der Waals surface area contributed by atoms with Gasteiger partial charge in [0.15, 0.2) is 0 Å². The second-order valence-electron chi connectivity index (χ2n) is 6.20. The van der Waals surface area contributed by atoms with Crippen molar-refractivity contribution in [1.29, 1.82) is 0 Å². The van der Waals surface area contributed by atoms with Crippen molar-refractivity contribution in [3.8, 4) is 0 Å². The van der Waals surface area contributed by atoms with Gasteiger partial charge in [-0.25, -0.2) is 0 Å². The van der Waals surface area contributed by atoms with E-state index in [0.29, 0.717) is 19.1 Å². The minimum Gasteiger partial charge on any atom is -0.465 e. The predicted molar refractivity (Wildman–Crippen MR) is 79.8 cm³/mol. The van der Waals surface area contributed by atoms with Gasteiger partial charge in [-0.2, -0.15) is 0 Å². The first kappa shape index (κ1) is 14.5. The molecule has 1 aromatic rings. The minimum absolute atomic E-state index is 0.142. The van der Waals surface area contributed by atoms with Crippen LogP contribution in [0.3, 0.4) is 0 Å². The molecule has 0 unspecified atom stereocenters. The number of hydrogen-bond donors (Lipinski definition) is 1. The highest BCUT2D eigenvalue weighted by Gasteiger charge is 2.48. The van der Waals surface area contributed by atoms with E-state index in [2.05, 4.69) is 11.9 Å². The Bertz CT molecular complexity index is 490. The third-order valence-corrected chi connectivity index (χ3v) is 4.99. The normalized spacial score (nSPS) is 32.1. The van der Waals surface area contributed by atoms with E-state index in [1.165, 1.54) is 0 Å². The molecule has 3 rings (SSSR count). The molecule has 0 radical (unpaired) electrons. The molecule has 2 aliphatic rings. The zero-order valence-electron chi connectivity index (χ0n) is 12.4. The van der Waals surface area contributed by atoms with Gasteiger partial charge in [0.2, 0.25) is 0 Å². The van der Waals surface area contributed by atoms with E-state index in [1.54, 1.807) is 0 Å². The number of fused-ring (bicyclic) bond motifs is 2. The highest BCUT2D eigenvalue weighted by Crippen LogP contribution is 2.38. The lowest BCUT2D eigenvalue weighted by atomic mass is 9.88. The second kappa shape index (κ2) is 6.16. The van der Waals surface area contributed by atoms with Crippen LogP contribution in [0, 0.1) is 5.92 Å². The summed E-state index contributed by atoms with van der Waals surface area (Å²) in [6, 6.07) is 10.6. The van der Waals surface area contributed by atoms with Crippen molar-refractivity contribution >= 4 is 5.97 Å². The van der Waals surface area contributed by atoms with Crippen LogP contribution in [0.2, 0.25) is 0 Å². The van der Waals surface area contributed by atoms with E-state index in [1.807, 2.05) is 30.3 Å². The topological polar surface area (TPSA) is 49.8 Å². The average molecular weight is 289 g/mol. The van der Waals surface area contributed by atoms with Crippen molar-refractivity contribution in [2.24, 2.45) is 5.92 Å². The number of aliphatic hydroxyl groups is 1. The van der Waals surface area contributed by atoms with Gasteiger partial charge in [0.25, 0.3) is 0 Å². The number of esters is 1. The molecule has 2 saturated heterocycles. The van der Waals surface area contributed by atoms with Gasteiger partial charge in [0.1, 0.15) is 0 Å². The van der Waals surface area contributed by atoms with Crippen LogP contribution in [0.25, 0.3) is 0 Å². The van der Waals surface area contributed by atoms with Gasteiger partial charge >= 0.3 is 5.97 Å². The van der Waals surface area contributed by atoms with Crippen LogP contribution in [-0.2, 0) is 16.0 Å². The van der Waals surface area contributed by atoms with E-state index < -0.39 is 6.10 Å². The molecule has 0 amide bonds. The summed E-state index contributed by atoms with van der Waals surface area (Å²) in [7, 11) is 2.05. The number of nitrogens with zero attached hydrogens (tertiary/aromatic N) is 1. The number of aliphatic hydroxyl groups excluding tert-OH is 1. The number of rotatable bonds is 4. The van der Waals surface area contributed by atoms with Crippen molar-refractivity contribution in [1.82, 2.24) is 4.90 Å². The Kier molecular flexibility index (Phi) is 4.27. The van der Waals surface area contributed by atoms with Gasteiger partial charge in [0.05, 0.1) is 18.6 Å². The number of carbonyl (C=O) groups is 1. The molecule has 0 aliphatic carbocycles. The summed E-state index contributed by atoms with van der Waals surface area (Å²) in [5.41, 5.74) is 1.16. The average Bonchev–Trinajstić information content (AvgIpc) is 2.72. The first-order valence-corrected chi connectivity index (χ1v) is 7.77. The van der Waals surface area contributed by atoms with Crippen molar-refractivity contribution in [2.45, 2.75) is 43.9 Å². The van der Waals surface area contributed by atoms with E-state index in [4.69, 9.17) is 4.74 Å². The summed E-state index contributed by atoms with van der Waals surface area (Å²) in [5, 5.41) is 10.2. The number of carbonyl (C=O) groups excluding carboxylic acids is 1. The number of hydrogen-bond acceptors (Lipinski definition) is 4. The van der Waals surface area contributed by atoms with Gasteiger partial charge in [-0.3, -0.25) is 9.69 Å². The van der Waals surface area contributed by atoms with Crippen LogP contribution in [-0.4, -0.2) is 47.8 Å². The molecule has 114 valence electrons. The van der Waals surface area contributed by atoms with Crippen molar-refractivity contribution in [2.75, 3.05) is 13.7 Å². The molecular formula is C17H23NO3. The highest BCUT2D eigenvalue weighted by molar-refractivity contribution is 5.74. The zero-order valence-corrected chi connectivity index (χ0v) is 12.4. The first-order chi connectivity index (χ1) is 10.2. The Morgan fingerprint density at radius 1 is 1.33 bits per heavy atom. The molecule has 4 heteroatoms. The van der Waals surface area contributed by atoms with Crippen LogP contribution in [0.15, 0.2) is 30.3 Å². The van der Waals surface area contributed by atoms with Crippen molar-refractivity contribution < 1.29 is 14.6 Å². The third-order valence-electron chi connectivity index (χ3n) is 4.99. The highest BCUT2D eigenvalue weighted by atomic mass is 16.5. The second-order valence-corrected chi connectivity index (χ2v) is 6.20. The summed E-state index contributed by atoms with van der Waals surface area (Å²) < 4.78 is 5.43. The molecular weight excluding hydrogens is 266 g/mol. The predicted octanol–water partition coefficient (Wildman–Crippen LogP) is 1.62. The summed E-state index contributed by atoms with van der Waals surface area (Å²) >= 11 is 0. The van der Waals surface area contributed by atoms with Gasteiger partial charge in [-0.1, -0.05) is 30.3 Å². The minimum atomic E-state index is -0.553. The molecule has 2 heterocycles. The molecule has 2 bridgehead atoms. The molecule has 4 nitrogen and oxygen atoms in total. The van der Waals surface area contributed by atoms with E-state index in [9.17, 15) is 9.90 Å². The van der Waals surface area contributed by atoms with E-state index in [0.717, 1.165) is 24.8 Å². The monoisotopic (exact) mass is 289 g/mol. The van der Waals surface area contributed by atoms with Crippen molar-refractivity contribution in [3.05, 3.63) is 35.9 Å². The summed E-state index contributed by atoms with van der Waals surface area (Å²) in [4.78, 5) is 14.6. The standard InChI is InChI=1S/C17H23NO3/c1-18-13-7-8-14(18)16(15(19)11-13)17(20)21-10-9-12-5-3-2-4-6-12/h2-6,13-16,19H,7-11H2,1H3/t13-,14+,15+,16+/m1/s1. The van der Waals surface area contributed by atoms with Crippen LogP contribution < -0.4 is 0 Å². The smallest absolute Gasteiger partial charge is 0.313 e. The largest absolute Gasteiger partial charge is 0.465 e. The fraction of sp³-hybridized carbons (Fsp3) is 0.588. The lowest BCUT2D eigenvalue weighted by Gasteiger charge is -2.39. The van der Waals surface area contributed by atoms with Crippen LogP contribution in [0.1, 0.15) is 24.8 Å². The van der Waals surface area contributed by atoms with Gasteiger partial charge < -0.3 is 9.84 Å². The van der Waals surface area contributed by atoms with E-state index >= 15 is 0 Å². The van der Waals surface area contributed by atoms with Gasteiger partial charge in [0, 0.05) is 18.5 Å². The maximum absolute atomic E-state index is 12.3. The lowest BCUT2D eigenvalue weighted by Crippen LogP contribution is -2.52. The molecule has 0 spiro atoms. The maximum atomic E-state index is 12.3. The maximum Gasteiger partial charge on any atom is 0.313 e. The molecule has 2 fully saturated rings. The van der Waals surface area contributed by atoms with Gasteiger partial charge in [-0.05, 0) is 31.9 Å².